The van der Waals surface area contributed by atoms with E-state index in [2.05, 4.69) is 51.6 Å². The van der Waals surface area contributed by atoms with E-state index in [-0.39, 0.29) is 6.04 Å². The molecule has 1 unspecified atom stereocenters. The molecule has 3 aromatic rings. The molecule has 2 heterocycles. The standard InChI is InChI=1S/C23H32N6O3/c1-5-11-30-18-10-9-17(14-20(18)31-12-6-2)16(3)26-23(24-4)25-15-21-27-22(29-28-21)19-8-7-13-32-19/h7-10,13-14,16H,5-6,11-12,15H2,1-4H3,(H2,24,25,26)(H,27,28,29). The van der Waals surface area contributed by atoms with Gasteiger partial charge in [-0.25, -0.2) is 4.98 Å². The van der Waals surface area contributed by atoms with Gasteiger partial charge in [0.15, 0.2) is 23.2 Å². The van der Waals surface area contributed by atoms with Crippen LogP contribution in [-0.2, 0) is 6.54 Å². The maximum Gasteiger partial charge on any atom is 0.216 e. The van der Waals surface area contributed by atoms with Gasteiger partial charge in [-0.3, -0.25) is 10.1 Å². The molecule has 2 aromatic heterocycles. The van der Waals surface area contributed by atoms with Crippen LogP contribution in [-0.4, -0.2) is 41.4 Å². The highest BCUT2D eigenvalue weighted by Crippen LogP contribution is 2.31. The SMILES string of the molecule is CCCOc1ccc(C(C)NC(=NC)NCc2nc(-c3ccco3)n[nH]2)cc1OCCC. The summed E-state index contributed by atoms with van der Waals surface area (Å²) in [6.45, 7) is 7.99. The van der Waals surface area contributed by atoms with E-state index in [9.17, 15) is 0 Å². The summed E-state index contributed by atoms with van der Waals surface area (Å²) in [5, 5.41) is 13.7. The molecule has 172 valence electrons. The number of guanidine groups is 1. The van der Waals surface area contributed by atoms with Crippen molar-refractivity contribution in [1.29, 1.82) is 0 Å². The Balaban J connectivity index is 1.61. The molecule has 0 radical (unpaired) electrons. The van der Waals surface area contributed by atoms with Crippen molar-refractivity contribution in [2.24, 2.45) is 4.99 Å². The van der Waals surface area contributed by atoms with Crippen LogP contribution >= 0.6 is 0 Å². The predicted molar refractivity (Wildman–Crippen MR) is 124 cm³/mol. The fourth-order valence-electron chi connectivity index (χ4n) is 2.99. The third-order valence-electron chi connectivity index (χ3n) is 4.66. The molecule has 0 saturated carbocycles. The maximum absolute atomic E-state index is 5.92. The molecule has 0 aliphatic heterocycles. The Labute approximate surface area is 188 Å². The summed E-state index contributed by atoms with van der Waals surface area (Å²) >= 11 is 0. The fraction of sp³-hybridized carbons (Fsp3) is 0.435. The lowest BCUT2D eigenvalue weighted by Crippen LogP contribution is -2.38. The van der Waals surface area contributed by atoms with Crippen molar-refractivity contribution in [3.63, 3.8) is 0 Å². The van der Waals surface area contributed by atoms with Gasteiger partial charge in [-0.15, -0.1) is 5.10 Å². The van der Waals surface area contributed by atoms with Gasteiger partial charge in [0.2, 0.25) is 5.82 Å². The van der Waals surface area contributed by atoms with E-state index in [0.29, 0.717) is 43.1 Å². The number of furan rings is 1. The molecule has 0 aliphatic rings. The molecule has 1 aromatic carbocycles. The number of H-pyrrole nitrogens is 1. The summed E-state index contributed by atoms with van der Waals surface area (Å²) in [6, 6.07) is 9.66. The van der Waals surface area contributed by atoms with Gasteiger partial charge >= 0.3 is 0 Å². The first-order valence-corrected chi connectivity index (χ1v) is 11.0. The topological polar surface area (TPSA) is 110 Å². The molecular formula is C23H32N6O3. The third-order valence-corrected chi connectivity index (χ3v) is 4.66. The zero-order valence-electron chi connectivity index (χ0n) is 19.1. The highest BCUT2D eigenvalue weighted by molar-refractivity contribution is 5.80. The van der Waals surface area contributed by atoms with Crippen LogP contribution in [0.4, 0.5) is 0 Å². The van der Waals surface area contributed by atoms with E-state index in [0.717, 1.165) is 29.9 Å². The van der Waals surface area contributed by atoms with E-state index < -0.39 is 0 Å². The van der Waals surface area contributed by atoms with Crippen LogP contribution in [0.25, 0.3) is 11.6 Å². The quantitative estimate of drug-likeness (QED) is 0.305. The first kappa shape index (κ1) is 23.2. The van der Waals surface area contributed by atoms with E-state index >= 15 is 0 Å². The van der Waals surface area contributed by atoms with Crippen molar-refractivity contribution in [1.82, 2.24) is 25.8 Å². The van der Waals surface area contributed by atoms with E-state index in [1.807, 2.05) is 24.3 Å². The molecule has 0 saturated heterocycles. The monoisotopic (exact) mass is 440 g/mol. The number of benzene rings is 1. The van der Waals surface area contributed by atoms with Gasteiger partial charge in [0.1, 0.15) is 5.82 Å². The number of nitrogens with one attached hydrogen (secondary N) is 3. The van der Waals surface area contributed by atoms with Crippen molar-refractivity contribution in [2.45, 2.75) is 46.2 Å². The maximum atomic E-state index is 5.92. The Morgan fingerprint density at radius 1 is 1.16 bits per heavy atom. The number of rotatable bonds is 11. The molecule has 1 atom stereocenters. The first-order valence-electron chi connectivity index (χ1n) is 11.0. The van der Waals surface area contributed by atoms with Gasteiger partial charge < -0.3 is 24.5 Å². The van der Waals surface area contributed by atoms with Crippen LogP contribution in [0.5, 0.6) is 11.5 Å². The molecule has 9 heteroatoms. The van der Waals surface area contributed by atoms with E-state index in [1.165, 1.54) is 0 Å². The summed E-state index contributed by atoms with van der Waals surface area (Å²) < 4.78 is 17.1. The molecule has 0 spiro atoms. The number of aromatic amines is 1. The van der Waals surface area contributed by atoms with Crippen molar-refractivity contribution in [3.8, 4) is 23.1 Å². The number of hydrogen-bond acceptors (Lipinski definition) is 6. The number of aromatic nitrogens is 3. The second-order valence-electron chi connectivity index (χ2n) is 7.28. The molecule has 0 fully saturated rings. The number of ether oxygens (including phenoxy) is 2. The fourth-order valence-corrected chi connectivity index (χ4v) is 2.99. The van der Waals surface area contributed by atoms with Gasteiger partial charge in [-0.2, -0.15) is 0 Å². The normalized spacial score (nSPS) is 12.4. The Morgan fingerprint density at radius 2 is 1.94 bits per heavy atom. The molecule has 3 N–H and O–H groups in total. The van der Waals surface area contributed by atoms with Crippen molar-refractivity contribution < 1.29 is 13.9 Å². The Kier molecular flexibility index (Phi) is 8.53. The lowest BCUT2D eigenvalue weighted by atomic mass is 10.1. The average Bonchev–Trinajstić information content (AvgIpc) is 3.51. The first-order chi connectivity index (χ1) is 15.6. The number of hydrogen-bond donors (Lipinski definition) is 3. The molecule has 3 rings (SSSR count). The highest BCUT2D eigenvalue weighted by atomic mass is 16.5. The van der Waals surface area contributed by atoms with E-state index in [1.54, 1.807) is 19.4 Å². The lowest BCUT2D eigenvalue weighted by Gasteiger charge is -2.20. The Morgan fingerprint density at radius 3 is 2.62 bits per heavy atom. The third kappa shape index (κ3) is 6.26. The van der Waals surface area contributed by atoms with Crippen LogP contribution in [0.3, 0.4) is 0 Å². The largest absolute Gasteiger partial charge is 0.490 e. The second kappa shape index (κ2) is 11.8. The summed E-state index contributed by atoms with van der Waals surface area (Å²) in [6.07, 6.45) is 3.48. The smallest absolute Gasteiger partial charge is 0.216 e. The van der Waals surface area contributed by atoms with Gasteiger partial charge in [0.25, 0.3) is 0 Å². The van der Waals surface area contributed by atoms with Crippen molar-refractivity contribution in [3.05, 3.63) is 48.0 Å². The minimum absolute atomic E-state index is 0.00110. The molecule has 0 aliphatic carbocycles. The lowest BCUT2D eigenvalue weighted by molar-refractivity contribution is 0.268. The molecule has 0 amide bonds. The van der Waals surface area contributed by atoms with Gasteiger partial charge in [0.05, 0.1) is 32.1 Å². The molecule has 9 nitrogen and oxygen atoms in total. The van der Waals surface area contributed by atoms with Crippen molar-refractivity contribution >= 4 is 5.96 Å². The van der Waals surface area contributed by atoms with Crippen LogP contribution in [0, 0.1) is 0 Å². The summed E-state index contributed by atoms with van der Waals surface area (Å²) in [5.41, 5.74) is 1.07. The minimum Gasteiger partial charge on any atom is -0.490 e. The summed E-state index contributed by atoms with van der Waals surface area (Å²) in [5.74, 6) is 4.01. The van der Waals surface area contributed by atoms with Crippen LogP contribution in [0.15, 0.2) is 46.0 Å². The van der Waals surface area contributed by atoms with Gasteiger partial charge in [-0.05, 0) is 49.6 Å². The van der Waals surface area contributed by atoms with Crippen LogP contribution in [0.2, 0.25) is 0 Å². The minimum atomic E-state index is -0.00110. The van der Waals surface area contributed by atoms with Crippen LogP contribution < -0.4 is 20.1 Å². The van der Waals surface area contributed by atoms with Crippen molar-refractivity contribution in [2.75, 3.05) is 20.3 Å². The predicted octanol–water partition coefficient (Wildman–Crippen LogP) is 4.07. The summed E-state index contributed by atoms with van der Waals surface area (Å²) in [4.78, 5) is 8.75. The average molecular weight is 441 g/mol. The Bertz CT molecular complexity index is 984. The molecular weight excluding hydrogens is 408 g/mol. The number of aliphatic imine (C=N–C) groups is 1. The summed E-state index contributed by atoms with van der Waals surface area (Å²) in [7, 11) is 1.73. The highest BCUT2D eigenvalue weighted by Gasteiger charge is 2.14. The van der Waals surface area contributed by atoms with Gasteiger partial charge in [-0.1, -0.05) is 19.9 Å². The van der Waals surface area contributed by atoms with Gasteiger partial charge in [0, 0.05) is 7.05 Å². The van der Waals surface area contributed by atoms with E-state index in [4.69, 9.17) is 13.9 Å². The molecule has 0 bridgehead atoms. The van der Waals surface area contributed by atoms with Crippen LogP contribution in [0.1, 0.15) is 51.0 Å². The zero-order chi connectivity index (χ0) is 22.8. The zero-order valence-corrected chi connectivity index (χ0v) is 19.1. The number of nitrogens with zero attached hydrogens (tertiary/aromatic N) is 3. The molecule has 32 heavy (non-hydrogen) atoms. The second-order valence-corrected chi connectivity index (χ2v) is 7.28. The Hall–Kier alpha value is -3.49.